The van der Waals surface area contributed by atoms with E-state index in [1.807, 2.05) is 4.57 Å². The number of hydrogen-bond donors (Lipinski definition) is 1. The summed E-state index contributed by atoms with van der Waals surface area (Å²) in [4.78, 5) is 10.7. The van der Waals surface area contributed by atoms with E-state index in [2.05, 4.69) is 5.32 Å². The van der Waals surface area contributed by atoms with Gasteiger partial charge in [-0.05, 0) is 0 Å². The first-order chi connectivity index (χ1) is 6.36. The Morgan fingerprint density at radius 3 is 3.23 bits per heavy atom. The highest BCUT2D eigenvalue weighted by Gasteiger charge is 2.17. The van der Waals surface area contributed by atoms with Gasteiger partial charge in [-0.25, -0.2) is 0 Å². The molecular weight excluding hydrogens is 168 g/mol. The van der Waals surface area contributed by atoms with Crippen LogP contribution in [0.5, 0.6) is 5.75 Å². The third-order valence-corrected chi connectivity index (χ3v) is 2.35. The van der Waals surface area contributed by atoms with Crippen LogP contribution in [0.2, 0.25) is 0 Å². The molecule has 2 rings (SSSR count). The van der Waals surface area contributed by atoms with Gasteiger partial charge in [0, 0.05) is 25.7 Å². The Kier molecular flexibility index (Phi) is 2.06. The molecule has 13 heavy (non-hydrogen) atoms. The number of methoxy groups -OCH3 is 1. The highest BCUT2D eigenvalue weighted by molar-refractivity contribution is 5.74. The maximum absolute atomic E-state index is 10.7. The molecule has 70 valence electrons. The molecule has 1 aliphatic rings. The van der Waals surface area contributed by atoms with E-state index in [1.54, 1.807) is 13.2 Å². The van der Waals surface area contributed by atoms with Gasteiger partial charge in [0.05, 0.1) is 18.5 Å². The molecule has 4 nitrogen and oxygen atoms in total. The summed E-state index contributed by atoms with van der Waals surface area (Å²) >= 11 is 0. The van der Waals surface area contributed by atoms with E-state index < -0.39 is 0 Å². The number of carbonyl (C=O) groups is 1. The van der Waals surface area contributed by atoms with Gasteiger partial charge in [-0.1, -0.05) is 0 Å². The molecule has 4 heteroatoms. The van der Waals surface area contributed by atoms with Crippen molar-refractivity contribution in [1.29, 1.82) is 0 Å². The number of hydrogen-bond acceptors (Lipinski definition) is 3. The number of carbonyl (C=O) groups excluding carboxylic acids is 1. The van der Waals surface area contributed by atoms with E-state index in [0.29, 0.717) is 5.69 Å². The van der Waals surface area contributed by atoms with E-state index in [1.165, 1.54) is 0 Å². The number of ether oxygens (including phenoxy) is 1. The highest BCUT2D eigenvalue weighted by atomic mass is 16.5. The lowest BCUT2D eigenvalue weighted by atomic mass is 10.3. The van der Waals surface area contributed by atoms with Crippen molar-refractivity contribution in [3.63, 3.8) is 0 Å². The average molecular weight is 180 g/mol. The summed E-state index contributed by atoms with van der Waals surface area (Å²) in [6.07, 6.45) is 0.872. The molecule has 1 N–H and O–H groups in total. The van der Waals surface area contributed by atoms with Crippen LogP contribution in [0.1, 0.15) is 16.2 Å². The Balaban J connectivity index is 2.50. The zero-order valence-corrected chi connectivity index (χ0v) is 7.54. The van der Waals surface area contributed by atoms with Crippen LogP contribution in [0.3, 0.4) is 0 Å². The fourth-order valence-corrected chi connectivity index (χ4v) is 1.70. The van der Waals surface area contributed by atoms with Gasteiger partial charge >= 0.3 is 0 Å². The molecule has 0 radical (unpaired) electrons. The summed E-state index contributed by atoms with van der Waals surface area (Å²) in [6, 6.07) is 1.79. The Labute approximate surface area is 76.5 Å². The van der Waals surface area contributed by atoms with Gasteiger partial charge < -0.3 is 14.6 Å². The Bertz CT molecular complexity index is 331. The minimum atomic E-state index is 0.702. The number of rotatable bonds is 2. The summed E-state index contributed by atoms with van der Waals surface area (Å²) < 4.78 is 7.18. The first-order valence-corrected chi connectivity index (χ1v) is 4.29. The third-order valence-electron chi connectivity index (χ3n) is 2.35. The zero-order valence-electron chi connectivity index (χ0n) is 7.54. The number of aldehydes is 1. The molecule has 0 aromatic carbocycles. The first-order valence-electron chi connectivity index (χ1n) is 4.29. The lowest BCUT2D eigenvalue weighted by Gasteiger charge is -2.18. The minimum absolute atomic E-state index is 0.702. The van der Waals surface area contributed by atoms with Crippen molar-refractivity contribution in [2.45, 2.75) is 13.1 Å². The predicted octanol–water partition coefficient (Wildman–Crippen LogP) is 0.412. The number of aromatic nitrogens is 1. The quantitative estimate of drug-likeness (QED) is 0.670. The van der Waals surface area contributed by atoms with Crippen molar-refractivity contribution < 1.29 is 9.53 Å². The summed E-state index contributed by atoms with van der Waals surface area (Å²) in [5, 5.41) is 3.24. The maximum atomic E-state index is 10.7. The highest BCUT2D eigenvalue weighted by Crippen LogP contribution is 2.24. The molecule has 0 fully saturated rings. The maximum Gasteiger partial charge on any atom is 0.166 e. The van der Waals surface area contributed by atoms with Crippen LogP contribution in [0.25, 0.3) is 0 Å². The van der Waals surface area contributed by atoms with Crippen molar-refractivity contribution in [2.75, 3.05) is 13.7 Å². The van der Waals surface area contributed by atoms with Crippen LogP contribution in [-0.4, -0.2) is 24.5 Å². The van der Waals surface area contributed by atoms with Crippen molar-refractivity contribution >= 4 is 6.29 Å². The second-order valence-corrected chi connectivity index (χ2v) is 3.03. The summed E-state index contributed by atoms with van der Waals surface area (Å²) in [5.74, 6) is 0.800. The lowest BCUT2D eigenvalue weighted by Crippen LogP contribution is -2.28. The molecule has 0 saturated heterocycles. The van der Waals surface area contributed by atoms with Crippen molar-refractivity contribution in [2.24, 2.45) is 0 Å². The predicted molar refractivity (Wildman–Crippen MR) is 48.1 cm³/mol. The molecule has 1 aromatic rings. The lowest BCUT2D eigenvalue weighted by molar-refractivity contribution is 0.111. The number of nitrogens with zero attached hydrogens (tertiary/aromatic N) is 1. The standard InChI is InChI=1S/C9H12N2O2/c1-13-9-4-7(6-12)11-3-2-10-5-8(9)11/h4,6,10H,2-3,5H2,1H3. The fraction of sp³-hybridized carbons (Fsp3) is 0.444. The first kappa shape index (κ1) is 8.31. The molecule has 0 amide bonds. The van der Waals surface area contributed by atoms with Crippen molar-refractivity contribution in [1.82, 2.24) is 9.88 Å². The average Bonchev–Trinajstić information content (AvgIpc) is 2.56. The van der Waals surface area contributed by atoms with Gasteiger partial charge in [0.25, 0.3) is 0 Å². The smallest absolute Gasteiger partial charge is 0.166 e. The molecular formula is C9H12N2O2. The molecule has 0 bridgehead atoms. The summed E-state index contributed by atoms with van der Waals surface area (Å²) in [5.41, 5.74) is 1.77. The molecule has 0 spiro atoms. The van der Waals surface area contributed by atoms with Gasteiger partial charge in [0.2, 0.25) is 0 Å². The van der Waals surface area contributed by atoms with Gasteiger partial charge in [0.15, 0.2) is 6.29 Å². The molecule has 1 aromatic heterocycles. The molecule has 0 unspecified atom stereocenters. The molecule has 0 atom stereocenters. The van der Waals surface area contributed by atoms with E-state index in [-0.39, 0.29) is 0 Å². The third kappa shape index (κ3) is 1.23. The van der Waals surface area contributed by atoms with Crippen LogP contribution in [0, 0.1) is 0 Å². The Hall–Kier alpha value is -1.29. The molecule has 1 aliphatic heterocycles. The molecule has 0 saturated carbocycles. The second-order valence-electron chi connectivity index (χ2n) is 3.03. The Morgan fingerprint density at radius 1 is 1.69 bits per heavy atom. The monoisotopic (exact) mass is 180 g/mol. The van der Waals surface area contributed by atoms with E-state index in [4.69, 9.17) is 4.74 Å². The van der Waals surface area contributed by atoms with Crippen LogP contribution >= 0.6 is 0 Å². The van der Waals surface area contributed by atoms with Gasteiger partial charge in [-0.15, -0.1) is 0 Å². The minimum Gasteiger partial charge on any atom is -0.495 e. The normalized spacial score (nSPS) is 15.2. The number of fused-ring (bicyclic) bond motifs is 1. The van der Waals surface area contributed by atoms with E-state index in [9.17, 15) is 4.79 Å². The molecule has 2 heterocycles. The van der Waals surface area contributed by atoms with E-state index in [0.717, 1.165) is 37.4 Å². The summed E-state index contributed by atoms with van der Waals surface area (Å²) in [6.45, 7) is 2.52. The van der Waals surface area contributed by atoms with Gasteiger partial charge in [-0.3, -0.25) is 4.79 Å². The van der Waals surface area contributed by atoms with E-state index >= 15 is 0 Å². The SMILES string of the molecule is COc1cc(C=O)n2c1CNCC2. The Morgan fingerprint density at radius 2 is 2.54 bits per heavy atom. The molecule has 0 aliphatic carbocycles. The number of nitrogens with one attached hydrogen (secondary N) is 1. The topological polar surface area (TPSA) is 43.3 Å². The van der Waals surface area contributed by atoms with Crippen LogP contribution in [0.4, 0.5) is 0 Å². The van der Waals surface area contributed by atoms with Gasteiger partial charge in [-0.2, -0.15) is 0 Å². The van der Waals surface area contributed by atoms with Crippen LogP contribution < -0.4 is 10.1 Å². The largest absolute Gasteiger partial charge is 0.495 e. The van der Waals surface area contributed by atoms with Crippen LogP contribution in [-0.2, 0) is 13.1 Å². The fourth-order valence-electron chi connectivity index (χ4n) is 1.70. The van der Waals surface area contributed by atoms with Crippen molar-refractivity contribution in [3.8, 4) is 5.75 Å². The van der Waals surface area contributed by atoms with Gasteiger partial charge in [0.1, 0.15) is 5.75 Å². The van der Waals surface area contributed by atoms with Crippen LogP contribution in [0.15, 0.2) is 6.07 Å². The second kappa shape index (κ2) is 3.22. The zero-order chi connectivity index (χ0) is 9.26. The van der Waals surface area contributed by atoms with Crippen molar-refractivity contribution in [3.05, 3.63) is 17.5 Å². The summed E-state index contributed by atoms with van der Waals surface area (Å²) in [7, 11) is 1.62.